The highest BCUT2D eigenvalue weighted by Crippen LogP contribution is 2.17. The van der Waals surface area contributed by atoms with Crippen LogP contribution in [0.1, 0.15) is 18.5 Å². The predicted molar refractivity (Wildman–Crippen MR) is 101 cm³/mol. The van der Waals surface area contributed by atoms with Crippen LogP contribution in [0.25, 0.3) is 5.69 Å². The van der Waals surface area contributed by atoms with Gasteiger partial charge in [-0.15, -0.1) is 0 Å². The molecule has 0 radical (unpaired) electrons. The Hall–Kier alpha value is -2.45. The standard InChI is InChI=1S/C17H15BrClN5O2/c1-11(12-6-8-13(18)9-7-12)20-16(25)10-23-17(26)24(22-21-23)15-5-3-2-4-14(15)19/h2-9,11H,10H2,1H3,(H,20,25)/t11-/m1/s1. The lowest BCUT2D eigenvalue weighted by molar-refractivity contribution is -0.122. The van der Waals surface area contributed by atoms with Crippen molar-refractivity contribution in [3.05, 3.63) is 74.1 Å². The number of hydrogen-bond acceptors (Lipinski definition) is 4. The third-order valence-electron chi connectivity index (χ3n) is 3.76. The van der Waals surface area contributed by atoms with Crippen molar-refractivity contribution in [2.75, 3.05) is 0 Å². The zero-order valence-corrected chi connectivity index (χ0v) is 16.1. The summed E-state index contributed by atoms with van der Waals surface area (Å²) in [7, 11) is 0. The summed E-state index contributed by atoms with van der Waals surface area (Å²) in [4.78, 5) is 24.7. The highest BCUT2D eigenvalue weighted by Gasteiger charge is 2.15. The number of rotatable bonds is 5. The first-order valence-corrected chi connectivity index (χ1v) is 8.95. The number of nitrogens with one attached hydrogen (secondary N) is 1. The van der Waals surface area contributed by atoms with E-state index in [1.807, 2.05) is 31.2 Å². The molecule has 2 aromatic carbocycles. The molecule has 0 saturated carbocycles. The van der Waals surface area contributed by atoms with Gasteiger partial charge in [0.05, 0.1) is 16.8 Å². The van der Waals surface area contributed by atoms with Gasteiger partial charge in [0, 0.05) is 4.47 Å². The van der Waals surface area contributed by atoms with Crippen molar-refractivity contribution in [3.8, 4) is 5.69 Å². The van der Waals surface area contributed by atoms with Crippen LogP contribution in [-0.2, 0) is 11.3 Å². The molecule has 9 heteroatoms. The van der Waals surface area contributed by atoms with Gasteiger partial charge >= 0.3 is 5.69 Å². The summed E-state index contributed by atoms with van der Waals surface area (Å²) in [5.41, 5.74) is 0.826. The third kappa shape index (κ3) is 4.03. The lowest BCUT2D eigenvalue weighted by Crippen LogP contribution is -2.34. The molecule has 1 atom stereocenters. The van der Waals surface area contributed by atoms with Gasteiger partial charge in [-0.25, -0.2) is 4.79 Å². The molecule has 0 saturated heterocycles. The molecule has 3 aromatic rings. The Kier molecular flexibility index (Phi) is 5.53. The number of carbonyl (C=O) groups excluding carboxylic acids is 1. The van der Waals surface area contributed by atoms with Crippen molar-refractivity contribution >= 4 is 33.4 Å². The number of halogens is 2. The SMILES string of the molecule is C[C@@H](NC(=O)Cn1nnn(-c2ccccc2Cl)c1=O)c1ccc(Br)cc1. The molecule has 1 N–H and O–H groups in total. The zero-order valence-electron chi connectivity index (χ0n) is 13.8. The molecule has 3 rings (SSSR count). The highest BCUT2D eigenvalue weighted by molar-refractivity contribution is 9.10. The van der Waals surface area contributed by atoms with Crippen LogP contribution in [0.4, 0.5) is 0 Å². The smallest absolute Gasteiger partial charge is 0.348 e. The monoisotopic (exact) mass is 435 g/mol. The van der Waals surface area contributed by atoms with Gasteiger partial charge in [-0.3, -0.25) is 4.79 Å². The van der Waals surface area contributed by atoms with Crippen molar-refractivity contribution in [1.82, 2.24) is 25.1 Å². The maximum Gasteiger partial charge on any atom is 0.369 e. The Morgan fingerprint density at radius 3 is 2.58 bits per heavy atom. The second-order valence-electron chi connectivity index (χ2n) is 5.62. The Morgan fingerprint density at radius 1 is 1.19 bits per heavy atom. The third-order valence-corrected chi connectivity index (χ3v) is 4.61. The van der Waals surface area contributed by atoms with E-state index in [0.29, 0.717) is 10.7 Å². The minimum absolute atomic E-state index is 0.204. The number of para-hydroxylation sites is 1. The summed E-state index contributed by atoms with van der Waals surface area (Å²) in [5.74, 6) is -0.339. The van der Waals surface area contributed by atoms with Crippen LogP contribution in [0, 0.1) is 0 Å². The number of aromatic nitrogens is 4. The quantitative estimate of drug-likeness (QED) is 0.667. The molecule has 7 nitrogen and oxygen atoms in total. The summed E-state index contributed by atoms with van der Waals surface area (Å²) in [6.07, 6.45) is 0. The molecule has 0 aliphatic carbocycles. The van der Waals surface area contributed by atoms with E-state index in [-0.39, 0.29) is 18.5 Å². The fraction of sp³-hybridized carbons (Fsp3) is 0.176. The maximum atomic E-state index is 12.4. The van der Waals surface area contributed by atoms with Crippen molar-refractivity contribution in [2.45, 2.75) is 19.5 Å². The number of hydrogen-bond donors (Lipinski definition) is 1. The van der Waals surface area contributed by atoms with E-state index in [2.05, 4.69) is 31.7 Å². The molecule has 26 heavy (non-hydrogen) atoms. The van der Waals surface area contributed by atoms with Crippen molar-refractivity contribution in [2.24, 2.45) is 0 Å². The maximum absolute atomic E-state index is 12.4. The van der Waals surface area contributed by atoms with E-state index in [1.54, 1.807) is 24.3 Å². The van der Waals surface area contributed by atoms with Crippen LogP contribution in [-0.4, -0.2) is 25.7 Å². The molecule has 0 aliphatic heterocycles. The van der Waals surface area contributed by atoms with Crippen LogP contribution in [0.2, 0.25) is 5.02 Å². The van der Waals surface area contributed by atoms with Crippen LogP contribution < -0.4 is 11.0 Å². The number of tetrazole rings is 1. The van der Waals surface area contributed by atoms with Gasteiger partial charge in [-0.05, 0) is 47.2 Å². The summed E-state index contributed by atoms with van der Waals surface area (Å²) in [5, 5.41) is 10.8. The molecule has 1 aromatic heterocycles. The van der Waals surface area contributed by atoms with Gasteiger partial charge < -0.3 is 5.32 Å². The summed E-state index contributed by atoms with van der Waals surface area (Å²) >= 11 is 9.45. The molecular weight excluding hydrogens is 422 g/mol. The predicted octanol–water partition coefficient (Wildman–Crippen LogP) is 2.72. The van der Waals surface area contributed by atoms with E-state index in [0.717, 1.165) is 19.4 Å². The summed E-state index contributed by atoms with van der Waals surface area (Å²) in [6.45, 7) is 1.63. The highest BCUT2D eigenvalue weighted by atomic mass is 79.9. The Morgan fingerprint density at radius 2 is 1.88 bits per heavy atom. The lowest BCUT2D eigenvalue weighted by atomic mass is 10.1. The molecule has 0 unspecified atom stereocenters. The number of nitrogens with zero attached hydrogens (tertiary/aromatic N) is 4. The molecule has 0 spiro atoms. The van der Waals surface area contributed by atoms with Gasteiger partial charge in [0.1, 0.15) is 6.54 Å². The zero-order chi connectivity index (χ0) is 18.7. The van der Waals surface area contributed by atoms with Crippen LogP contribution in [0.15, 0.2) is 57.8 Å². The Balaban J connectivity index is 1.71. The molecule has 1 amide bonds. The summed E-state index contributed by atoms with van der Waals surface area (Å²) in [6, 6.07) is 14.2. The molecular formula is C17H15BrClN5O2. The Bertz CT molecular complexity index is 983. The first kappa shape index (κ1) is 18.3. The fourth-order valence-corrected chi connectivity index (χ4v) is 2.89. The average Bonchev–Trinajstić information content (AvgIpc) is 2.96. The van der Waals surface area contributed by atoms with E-state index < -0.39 is 5.69 Å². The second-order valence-corrected chi connectivity index (χ2v) is 6.95. The van der Waals surface area contributed by atoms with Gasteiger partial charge in [-0.1, -0.05) is 51.8 Å². The second kappa shape index (κ2) is 7.84. The first-order chi connectivity index (χ1) is 12.5. The van der Waals surface area contributed by atoms with Crippen molar-refractivity contribution in [1.29, 1.82) is 0 Å². The van der Waals surface area contributed by atoms with Crippen molar-refractivity contribution in [3.63, 3.8) is 0 Å². The minimum Gasteiger partial charge on any atom is -0.348 e. The average molecular weight is 437 g/mol. The van der Waals surface area contributed by atoms with E-state index in [9.17, 15) is 9.59 Å². The van der Waals surface area contributed by atoms with Gasteiger partial charge in [0.2, 0.25) is 5.91 Å². The van der Waals surface area contributed by atoms with E-state index >= 15 is 0 Å². The van der Waals surface area contributed by atoms with Gasteiger partial charge in [0.25, 0.3) is 0 Å². The number of benzene rings is 2. The van der Waals surface area contributed by atoms with Gasteiger partial charge in [0.15, 0.2) is 0 Å². The first-order valence-electron chi connectivity index (χ1n) is 7.78. The normalized spacial score (nSPS) is 12.0. The minimum atomic E-state index is -0.537. The lowest BCUT2D eigenvalue weighted by Gasteiger charge is -2.14. The molecule has 0 aliphatic rings. The number of amides is 1. The van der Waals surface area contributed by atoms with Crippen LogP contribution in [0.5, 0.6) is 0 Å². The summed E-state index contributed by atoms with van der Waals surface area (Å²) < 4.78 is 3.02. The van der Waals surface area contributed by atoms with Crippen molar-refractivity contribution < 1.29 is 4.79 Å². The Labute approximate surface area is 162 Å². The van der Waals surface area contributed by atoms with E-state index in [4.69, 9.17) is 11.6 Å². The van der Waals surface area contributed by atoms with Gasteiger partial charge in [-0.2, -0.15) is 9.36 Å². The molecule has 134 valence electrons. The van der Waals surface area contributed by atoms with Crippen LogP contribution >= 0.6 is 27.5 Å². The van der Waals surface area contributed by atoms with E-state index in [1.165, 1.54) is 0 Å². The topological polar surface area (TPSA) is 81.8 Å². The fourth-order valence-electron chi connectivity index (χ4n) is 2.41. The molecule has 0 fully saturated rings. The number of carbonyl (C=O) groups is 1. The van der Waals surface area contributed by atoms with Crippen LogP contribution in [0.3, 0.4) is 0 Å². The molecule has 0 bridgehead atoms. The molecule has 1 heterocycles. The largest absolute Gasteiger partial charge is 0.369 e.